The number of fused-ring (bicyclic) bond motifs is 4. The molecule has 9 atom stereocenters. The molecule has 248 valence electrons. The molecule has 0 aliphatic heterocycles. The number of nitrogens with two attached hydrogens (primary N) is 2. The van der Waals surface area contributed by atoms with Crippen LogP contribution in [0.15, 0.2) is 84.1 Å². The third-order valence-corrected chi connectivity index (χ3v) is 12.6. The molecule has 2 nitrogen and oxygen atoms in total. The van der Waals surface area contributed by atoms with Crippen molar-refractivity contribution in [1.82, 2.24) is 0 Å². The molecule has 5 rings (SSSR count). The lowest BCUT2D eigenvalue weighted by Gasteiger charge is -2.44. The van der Waals surface area contributed by atoms with Crippen molar-refractivity contribution in [1.29, 1.82) is 0 Å². The zero-order valence-corrected chi connectivity index (χ0v) is 30.0. The molecule has 0 heterocycles. The Kier molecular flexibility index (Phi) is 10.5. The van der Waals surface area contributed by atoms with Crippen molar-refractivity contribution in [2.75, 3.05) is 0 Å². The quantitative estimate of drug-likeness (QED) is 0.139. The van der Waals surface area contributed by atoms with Crippen molar-refractivity contribution in [2.45, 2.75) is 112 Å². The van der Waals surface area contributed by atoms with Crippen LogP contribution in [0.4, 0.5) is 0 Å². The van der Waals surface area contributed by atoms with Crippen LogP contribution in [0.5, 0.6) is 0 Å². The Hall–Kier alpha value is -1.90. The normalized spacial score (nSPS) is 34.0. The summed E-state index contributed by atoms with van der Waals surface area (Å²) in [5.74, 6) is 5.21. The maximum atomic E-state index is 7.44. The number of rotatable bonds is 11. The van der Waals surface area contributed by atoms with Crippen LogP contribution >= 0.6 is 0 Å². The highest BCUT2D eigenvalue weighted by molar-refractivity contribution is 5.40. The molecule has 5 aliphatic carbocycles. The van der Waals surface area contributed by atoms with E-state index in [-0.39, 0.29) is 22.7 Å². The summed E-state index contributed by atoms with van der Waals surface area (Å²) in [4.78, 5) is 0. The van der Waals surface area contributed by atoms with E-state index in [1.807, 2.05) is 0 Å². The zero-order chi connectivity index (χ0) is 32.6. The highest BCUT2D eigenvalue weighted by Crippen LogP contribution is 2.57. The maximum absolute atomic E-state index is 7.44. The van der Waals surface area contributed by atoms with Crippen molar-refractivity contribution >= 4 is 0 Å². The Labute approximate surface area is 277 Å². The Morgan fingerprint density at radius 3 is 1.96 bits per heavy atom. The van der Waals surface area contributed by atoms with E-state index in [1.54, 1.807) is 0 Å². The maximum Gasteiger partial charge on any atom is 0.0703 e. The van der Waals surface area contributed by atoms with E-state index < -0.39 is 5.66 Å². The summed E-state index contributed by atoms with van der Waals surface area (Å²) >= 11 is 0. The predicted octanol–water partition coefficient (Wildman–Crippen LogP) is 10.7. The SMILES string of the molecule is CCC(CCC/C=C/CC1CCC2C=CC=CC21)CC(C)C(N)(N)C1C2C=C(C(C)(C)C)C=CC2C2C=CC(C(C)(C)C)=CC21. The Morgan fingerprint density at radius 1 is 0.778 bits per heavy atom. The molecular formula is C43H66N2. The molecule has 2 heteroatoms. The molecule has 0 bridgehead atoms. The van der Waals surface area contributed by atoms with Crippen molar-refractivity contribution in [2.24, 2.45) is 81.5 Å². The molecule has 0 saturated heterocycles. The van der Waals surface area contributed by atoms with Crippen LogP contribution in [0.1, 0.15) is 107 Å². The van der Waals surface area contributed by atoms with Gasteiger partial charge in [0.05, 0.1) is 5.66 Å². The molecule has 5 aliphatic rings. The average molecular weight is 611 g/mol. The van der Waals surface area contributed by atoms with E-state index in [2.05, 4.69) is 128 Å². The molecule has 0 spiro atoms. The Bertz CT molecular complexity index is 1190. The summed E-state index contributed by atoms with van der Waals surface area (Å²) in [5, 5.41) is 0. The van der Waals surface area contributed by atoms with E-state index in [0.29, 0.717) is 29.6 Å². The summed E-state index contributed by atoms with van der Waals surface area (Å²) < 4.78 is 0. The number of allylic oxidation sites excluding steroid dienone is 14. The first-order chi connectivity index (χ1) is 21.2. The first-order valence-corrected chi connectivity index (χ1v) is 18.6. The molecule has 0 aromatic carbocycles. The van der Waals surface area contributed by atoms with Crippen LogP contribution in [0.2, 0.25) is 0 Å². The minimum atomic E-state index is -0.729. The molecule has 0 aromatic rings. The van der Waals surface area contributed by atoms with Gasteiger partial charge in [0.25, 0.3) is 0 Å². The van der Waals surface area contributed by atoms with Gasteiger partial charge in [0.15, 0.2) is 0 Å². The molecule has 2 saturated carbocycles. The lowest BCUT2D eigenvalue weighted by atomic mass is 9.67. The Balaban J connectivity index is 1.23. The van der Waals surface area contributed by atoms with Gasteiger partial charge in [0.2, 0.25) is 0 Å². The van der Waals surface area contributed by atoms with E-state index in [4.69, 9.17) is 11.5 Å². The van der Waals surface area contributed by atoms with Crippen LogP contribution in [-0.2, 0) is 0 Å². The van der Waals surface area contributed by atoms with Gasteiger partial charge in [0.1, 0.15) is 0 Å². The first kappa shape index (κ1) is 34.4. The van der Waals surface area contributed by atoms with Crippen molar-refractivity contribution < 1.29 is 0 Å². The van der Waals surface area contributed by atoms with Crippen LogP contribution in [0.25, 0.3) is 0 Å². The van der Waals surface area contributed by atoms with Gasteiger partial charge in [-0.15, -0.1) is 0 Å². The topological polar surface area (TPSA) is 52.0 Å². The van der Waals surface area contributed by atoms with Gasteiger partial charge in [-0.3, -0.25) is 0 Å². The molecular weight excluding hydrogens is 544 g/mol. The summed E-state index contributed by atoms with van der Waals surface area (Å²) in [5.41, 5.74) is 17.2. The molecule has 0 radical (unpaired) electrons. The second-order valence-electron chi connectivity index (χ2n) is 17.7. The predicted molar refractivity (Wildman–Crippen MR) is 195 cm³/mol. The fraction of sp³-hybridized carbons (Fsp3) is 0.674. The fourth-order valence-corrected chi connectivity index (χ4v) is 9.59. The standard InChI is InChI=1S/C43H66N2/c1-9-30(16-12-10-11-13-17-31-20-21-32-18-14-15-19-35(31)32)26-29(2)43(44,45)40-38-27-33(41(3,4)5)22-24-36(38)37-25-23-34(28-39(37)40)42(6,7)8/h11,13-15,18-19,22-25,27-32,35-40H,9-10,12,16-17,20-21,26,44-45H2,1-8H3/b13-11+. The van der Waals surface area contributed by atoms with E-state index in [9.17, 15) is 0 Å². The van der Waals surface area contributed by atoms with Gasteiger partial charge in [0, 0.05) is 5.92 Å². The zero-order valence-electron chi connectivity index (χ0n) is 30.0. The minimum Gasteiger partial charge on any atom is -0.313 e. The summed E-state index contributed by atoms with van der Waals surface area (Å²) in [6, 6.07) is 0. The smallest absolute Gasteiger partial charge is 0.0703 e. The lowest BCUT2D eigenvalue weighted by Crippen LogP contribution is -2.63. The van der Waals surface area contributed by atoms with Gasteiger partial charge >= 0.3 is 0 Å². The van der Waals surface area contributed by atoms with E-state index in [0.717, 1.165) is 24.2 Å². The second kappa shape index (κ2) is 13.7. The fourth-order valence-electron chi connectivity index (χ4n) is 9.59. The molecule has 0 amide bonds. The number of hydrogen-bond donors (Lipinski definition) is 2. The van der Waals surface area contributed by atoms with Crippen molar-refractivity contribution in [3.05, 3.63) is 84.1 Å². The van der Waals surface area contributed by atoms with Crippen LogP contribution in [0, 0.1) is 70.0 Å². The van der Waals surface area contributed by atoms with E-state index >= 15 is 0 Å². The number of hydrogen-bond acceptors (Lipinski definition) is 2. The molecule has 0 aromatic heterocycles. The highest BCUT2D eigenvalue weighted by Gasteiger charge is 2.56. The summed E-state index contributed by atoms with van der Waals surface area (Å²) in [6.45, 7) is 18.7. The lowest BCUT2D eigenvalue weighted by molar-refractivity contribution is 0.118. The molecule has 4 N–H and O–H groups in total. The third-order valence-electron chi connectivity index (χ3n) is 12.6. The Morgan fingerprint density at radius 2 is 1.38 bits per heavy atom. The summed E-state index contributed by atoms with van der Waals surface area (Å²) in [6.07, 6.45) is 39.3. The van der Waals surface area contributed by atoms with Crippen LogP contribution in [0.3, 0.4) is 0 Å². The number of unbranched alkanes of at least 4 members (excludes halogenated alkanes) is 1. The van der Waals surface area contributed by atoms with Gasteiger partial charge in [-0.05, 0) is 114 Å². The monoisotopic (exact) mass is 611 g/mol. The van der Waals surface area contributed by atoms with Crippen LogP contribution in [-0.4, -0.2) is 5.66 Å². The largest absolute Gasteiger partial charge is 0.313 e. The van der Waals surface area contributed by atoms with E-state index in [1.165, 1.54) is 56.1 Å². The molecule has 45 heavy (non-hydrogen) atoms. The summed E-state index contributed by atoms with van der Waals surface area (Å²) in [7, 11) is 0. The van der Waals surface area contributed by atoms with Crippen molar-refractivity contribution in [3.8, 4) is 0 Å². The second-order valence-corrected chi connectivity index (χ2v) is 17.7. The van der Waals surface area contributed by atoms with Crippen molar-refractivity contribution in [3.63, 3.8) is 0 Å². The minimum absolute atomic E-state index is 0.116. The van der Waals surface area contributed by atoms with Crippen LogP contribution < -0.4 is 11.5 Å². The van der Waals surface area contributed by atoms with Gasteiger partial charge < -0.3 is 11.5 Å². The molecule has 9 unspecified atom stereocenters. The van der Waals surface area contributed by atoms with Gasteiger partial charge in [-0.25, -0.2) is 0 Å². The molecule has 2 fully saturated rings. The first-order valence-electron chi connectivity index (χ1n) is 18.6. The average Bonchev–Trinajstić information content (AvgIpc) is 3.55. The highest BCUT2D eigenvalue weighted by atomic mass is 15.0. The van der Waals surface area contributed by atoms with Gasteiger partial charge in [-0.1, -0.05) is 141 Å². The van der Waals surface area contributed by atoms with Gasteiger partial charge in [-0.2, -0.15) is 0 Å². The third kappa shape index (κ3) is 7.49.